The number of hydrogen-bond acceptors (Lipinski definition) is 4. The van der Waals surface area contributed by atoms with Crippen molar-refractivity contribution in [1.29, 1.82) is 0 Å². The lowest BCUT2D eigenvalue weighted by molar-refractivity contribution is -0.145. The molecule has 25 heavy (non-hydrogen) atoms. The van der Waals surface area contributed by atoms with Gasteiger partial charge >= 0.3 is 17.8 Å². The Morgan fingerprint density at radius 1 is 0.840 bits per heavy atom. The van der Waals surface area contributed by atoms with Crippen molar-refractivity contribution in [2.75, 3.05) is 19.6 Å². The number of hydrogen-bond donors (Lipinski definition) is 0. The number of carbonyl (C=O) groups excluding carboxylic acids is 4. The van der Waals surface area contributed by atoms with Crippen LogP contribution in [0.3, 0.4) is 0 Å². The van der Waals surface area contributed by atoms with E-state index >= 15 is 0 Å². The molecule has 7 heteroatoms. The van der Waals surface area contributed by atoms with E-state index in [1.807, 2.05) is 6.07 Å². The predicted molar refractivity (Wildman–Crippen MR) is 89.1 cm³/mol. The Hall–Kier alpha value is -2.70. The highest BCUT2D eigenvalue weighted by Gasteiger charge is 2.45. The quantitative estimate of drug-likeness (QED) is 0.611. The van der Waals surface area contributed by atoms with Crippen LogP contribution in [0.25, 0.3) is 0 Å². The maximum Gasteiger partial charge on any atom is 0.335 e. The maximum absolute atomic E-state index is 12.5. The van der Waals surface area contributed by atoms with E-state index in [9.17, 15) is 19.2 Å². The molecule has 1 aromatic carbocycles. The van der Waals surface area contributed by atoms with Crippen molar-refractivity contribution in [3.05, 3.63) is 35.9 Å². The second-order valence-corrected chi connectivity index (χ2v) is 6.35. The summed E-state index contributed by atoms with van der Waals surface area (Å²) in [5.41, 5.74) is 0.748. The molecule has 0 unspecified atom stereocenters. The van der Waals surface area contributed by atoms with Gasteiger partial charge in [0.15, 0.2) is 0 Å². The van der Waals surface area contributed by atoms with Crippen molar-refractivity contribution in [1.82, 2.24) is 14.7 Å². The zero-order chi connectivity index (χ0) is 17.8. The van der Waals surface area contributed by atoms with Crippen LogP contribution in [0.5, 0.6) is 0 Å². The molecule has 5 amide bonds. The molecule has 0 bridgehead atoms. The van der Waals surface area contributed by atoms with Gasteiger partial charge in [-0.15, -0.1) is 0 Å². The predicted octanol–water partition coefficient (Wildman–Crippen LogP) is 1.38. The standard InChI is InChI=1S/C18H21N3O4/c22-15(19-10-6-1-2-7-11-19)13-21-17(24)16(23)20(18(21)25)12-14-8-4-3-5-9-14/h3-5,8-9H,1-2,6-7,10-13H2. The Balaban J connectivity index is 1.67. The molecule has 0 aromatic heterocycles. The van der Waals surface area contributed by atoms with Gasteiger partial charge in [0.2, 0.25) is 5.91 Å². The zero-order valence-electron chi connectivity index (χ0n) is 14.0. The molecule has 7 nitrogen and oxygen atoms in total. The van der Waals surface area contributed by atoms with Crippen molar-refractivity contribution >= 4 is 23.8 Å². The minimum Gasteiger partial charge on any atom is -0.341 e. The van der Waals surface area contributed by atoms with Crippen LogP contribution in [0.4, 0.5) is 4.79 Å². The van der Waals surface area contributed by atoms with Gasteiger partial charge in [-0.05, 0) is 18.4 Å². The number of nitrogens with zero attached hydrogens (tertiary/aromatic N) is 3. The van der Waals surface area contributed by atoms with Gasteiger partial charge in [0.25, 0.3) is 0 Å². The number of imide groups is 2. The van der Waals surface area contributed by atoms with Gasteiger partial charge in [-0.2, -0.15) is 0 Å². The minimum absolute atomic E-state index is 0.0264. The molecular weight excluding hydrogens is 322 g/mol. The van der Waals surface area contributed by atoms with Gasteiger partial charge in [-0.3, -0.25) is 19.3 Å². The smallest absolute Gasteiger partial charge is 0.335 e. The summed E-state index contributed by atoms with van der Waals surface area (Å²) in [6.07, 6.45) is 4.00. The number of urea groups is 1. The SMILES string of the molecule is O=C(CN1C(=O)C(=O)N(Cc2ccccc2)C1=O)N1CCCCCC1. The Morgan fingerprint density at radius 2 is 1.44 bits per heavy atom. The minimum atomic E-state index is -0.927. The second-order valence-electron chi connectivity index (χ2n) is 6.35. The van der Waals surface area contributed by atoms with E-state index in [1.165, 1.54) is 0 Å². The number of carbonyl (C=O) groups is 4. The third kappa shape index (κ3) is 3.70. The first-order chi connectivity index (χ1) is 12.1. The first-order valence-electron chi connectivity index (χ1n) is 8.57. The van der Waals surface area contributed by atoms with E-state index in [2.05, 4.69) is 0 Å². The van der Waals surface area contributed by atoms with Crippen LogP contribution in [0.1, 0.15) is 31.2 Å². The van der Waals surface area contributed by atoms with Crippen molar-refractivity contribution in [3.63, 3.8) is 0 Å². The van der Waals surface area contributed by atoms with Gasteiger partial charge in [-0.1, -0.05) is 43.2 Å². The van der Waals surface area contributed by atoms with Crippen LogP contribution in [0, 0.1) is 0 Å². The first kappa shape index (κ1) is 17.1. The van der Waals surface area contributed by atoms with Crippen LogP contribution < -0.4 is 0 Å². The summed E-state index contributed by atoms with van der Waals surface area (Å²) in [5.74, 6) is -2.08. The Labute approximate surface area is 146 Å². The molecule has 2 aliphatic rings. The van der Waals surface area contributed by atoms with E-state index in [0.717, 1.165) is 41.0 Å². The molecule has 2 saturated heterocycles. The van der Waals surface area contributed by atoms with Gasteiger partial charge < -0.3 is 4.90 Å². The zero-order valence-corrected chi connectivity index (χ0v) is 14.0. The average molecular weight is 343 g/mol. The molecule has 2 fully saturated rings. The number of benzene rings is 1. The summed E-state index contributed by atoms with van der Waals surface area (Å²) < 4.78 is 0. The van der Waals surface area contributed by atoms with Crippen molar-refractivity contribution < 1.29 is 19.2 Å². The van der Waals surface area contributed by atoms with Gasteiger partial charge in [0.05, 0.1) is 6.54 Å². The molecule has 2 heterocycles. The van der Waals surface area contributed by atoms with Crippen LogP contribution in [0.15, 0.2) is 30.3 Å². The number of rotatable bonds is 4. The molecule has 1 aromatic rings. The highest BCUT2D eigenvalue weighted by atomic mass is 16.2. The highest BCUT2D eigenvalue weighted by molar-refractivity contribution is 6.44. The van der Waals surface area contributed by atoms with Gasteiger partial charge in [-0.25, -0.2) is 9.69 Å². The lowest BCUT2D eigenvalue weighted by Gasteiger charge is -2.22. The normalized spacial score (nSPS) is 18.7. The molecule has 0 saturated carbocycles. The van der Waals surface area contributed by atoms with Crippen molar-refractivity contribution in [3.8, 4) is 0 Å². The summed E-state index contributed by atoms with van der Waals surface area (Å²) in [6, 6.07) is 8.24. The maximum atomic E-state index is 12.5. The summed E-state index contributed by atoms with van der Waals surface area (Å²) in [5, 5.41) is 0. The van der Waals surface area contributed by atoms with Crippen LogP contribution in [0.2, 0.25) is 0 Å². The fraction of sp³-hybridized carbons (Fsp3) is 0.444. The Morgan fingerprint density at radius 3 is 2.08 bits per heavy atom. The third-order valence-electron chi connectivity index (χ3n) is 4.57. The molecule has 0 atom stereocenters. The van der Waals surface area contributed by atoms with Crippen molar-refractivity contribution in [2.45, 2.75) is 32.2 Å². The summed E-state index contributed by atoms with van der Waals surface area (Å²) in [4.78, 5) is 52.5. The summed E-state index contributed by atoms with van der Waals surface area (Å²) in [6.45, 7) is 0.931. The van der Waals surface area contributed by atoms with E-state index in [4.69, 9.17) is 0 Å². The van der Waals surface area contributed by atoms with E-state index < -0.39 is 17.8 Å². The molecule has 0 aliphatic carbocycles. The Kier molecular flexibility index (Phi) is 5.11. The molecule has 132 valence electrons. The van der Waals surface area contributed by atoms with Crippen LogP contribution in [-0.2, 0) is 20.9 Å². The fourth-order valence-electron chi connectivity index (χ4n) is 3.15. The largest absolute Gasteiger partial charge is 0.341 e. The first-order valence-corrected chi connectivity index (χ1v) is 8.57. The molecule has 3 rings (SSSR count). The van der Waals surface area contributed by atoms with E-state index in [1.54, 1.807) is 29.2 Å². The van der Waals surface area contributed by atoms with Gasteiger partial charge in [0, 0.05) is 13.1 Å². The molecular formula is C18H21N3O4. The van der Waals surface area contributed by atoms with Gasteiger partial charge in [0.1, 0.15) is 6.54 Å². The summed E-state index contributed by atoms with van der Waals surface area (Å²) in [7, 11) is 0. The number of amides is 5. The van der Waals surface area contributed by atoms with Crippen molar-refractivity contribution in [2.24, 2.45) is 0 Å². The fourth-order valence-corrected chi connectivity index (χ4v) is 3.15. The highest BCUT2D eigenvalue weighted by Crippen LogP contribution is 2.17. The lowest BCUT2D eigenvalue weighted by Crippen LogP contribution is -2.43. The van der Waals surface area contributed by atoms with Crippen LogP contribution >= 0.6 is 0 Å². The van der Waals surface area contributed by atoms with Crippen LogP contribution in [-0.4, -0.2) is 58.1 Å². The molecule has 2 aliphatic heterocycles. The molecule has 0 radical (unpaired) electrons. The average Bonchev–Trinajstić information content (AvgIpc) is 2.86. The second kappa shape index (κ2) is 7.46. The monoisotopic (exact) mass is 343 g/mol. The lowest BCUT2D eigenvalue weighted by atomic mass is 10.2. The Bertz CT molecular complexity index is 681. The molecule has 0 N–H and O–H groups in total. The topological polar surface area (TPSA) is 78.0 Å². The third-order valence-corrected chi connectivity index (χ3v) is 4.57. The summed E-state index contributed by atoms with van der Waals surface area (Å²) >= 11 is 0. The number of likely N-dealkylation sites (tertiary alicyclic amines) is 1. The molecule has 0 spiro atoms. The van der Waals surface area contributed by atoms with E-state index in [0.29, 0.717) is 13.1 Å². The van der Waals surface area contributed by atoms with E-state index in [-0.39, 0.29) is 19.0 Å².